The summed E-state index contributed by atoms with van der Waals surface area (Å²) in [5.74, 6) is -0.985. The number of hydrogen-bond acceptors (Lipinski definition) is 5. The molecule has 0 radical (unpaired) electrons. The van der Waals surface area contributed by atoms with Crippen LogP contribution in [0.15, 0.2) is 91.4 Å². The second-order valence-corrected chi connectivity index (χ2v) is 7.97. The van der Waals surface area contributed by atoms with E-state index in [1.165, 1.54) is 47.8 Å². The molecule has 1 heterocycles. The van der Waals surface area contributed by atoms with Crippen molar-refractivity contribution in [3.63, 3.8) is 0 Å². The number of anilines is 2. The van der Waals surface area contributed by atoms with Crippen molar-refractivity contribution < 1.29 is 18.7 Å². The molecule has 0 fully saturated rings. The first-order valence-electron chi connectivity index (χ1n) is 11.4. The van der Waals surface area contributed by atoms with Gasteiger partial charge < -0.3 is 10.1 Å². The normalized spacial score (nSPS) is 11.4. The van der Waals surface area contributed by atoms with Crippen molar-refractivity contribution in [3.8, 4) is 5.75 Å². The van der Waals surface area contributed by atoms with Gasteiger partial charge in [-0.15, -0.1) is 0 Å². The molecule has 0 saturated heterocycles. The van der Waals surface area contributed by atoms with Gasteiger partial charge in [0.15, 0.2) is 0 Å². The van der Waals surface area contributed by atoms with Gasteiger partial charge >= 0.3 is 0 Å². The minimum atomic E-state index is -1.14. The van der Waals surface area contributed by atoms with Crippen molar-refractivity contribution in [1.82, 2.24) is 9.97 Å². The molecule has 3 aromatic carbocycles. The predicted octanol–water partition coefficient (Wildman–Crippen LogP) is 5.35. The fourth-order valence-electron chi connectivity index (χ4n) is 3.83. The quantitative estimate of drug-likeness (QED) is 0.365. The van der Waals surface area contributed by atoms with Gasteiger partial charge in [0.25, 0.3) is 11.8 Å². The number of rotatable bonds is 8. The van der Waals surface area contributed by atoms with Crippen LogP contribution in [-0.4, -0.2) is 28.4 Å². The van der Waals surface area contributed by atoms with E-state index in [-0.39, 0.29) is 5.69 Å². The Kier molecular flexibility index (Phi) is 7.65. The Balaban J connectivity index is 1.89. The molecule has 0 spiro atoms. The second-order valence-electron chi connectivity index (χ2n) is 7.97. The Labute approximate surface area is 208 Å². The van der Waals surface area contributed by atoms with Gasteiger partial charge in [0.1, 0.15) is 23.3 Å². The molecular weight excluding hydrogens is 459 g/mol. The van der Waals surface area contributed by atoms with Crippen LogP contribution in [0.5, 0.6) is 5.75 Å². The number of aryl methyl sites for hydroxylation is 1. The number of ether oxygens (including phenoxy) is 1. The molecule has 0 aliphatic rings. The highest BCUT2D eigenvalue weighted by molar-refractivity contribution is 6.11. The van der Waals surface area contributed by atoms with E-state index in [4.69, 9.17) is 4.74 Å². The van der Waals surface area contributed by atoms with Gasteiger partial charge in [-0.25, -0.2) is 9.37 Å². The third-order valence-electron chi connectivity index (χ3n) is 5.41. The first-order chi connectivity index (χ1) is 17.5. The van der Waals surface area contributed by atoms with Crippen molar-refractivity contribution in [2.75, 3.05) is 16.8 Å². The van der Waals surface area contributed by atoms with E-state index >= 15 is 0 Å². The van der Waals surface area contributed by atoms with Crippen LogP contribution < -0.4 is 15.0 Å². The molecule has 4 rings (SSSR count). The number of carbonyl (C=O) groups is 2. The lowest BCUT2D eigenvalue weighted by Crippen LogP contribution is -2.42. The summed E-state index contributed by atoms with van der Waals surface area (Å²) in [5, 5.41) is 2.82. The highest BCUT2D eigenvalue weighted by atomic mass is 19.1. The van der Waals surface area contributed by atoms with Crippen LogP contribution >= 0.6 is 0 Å². The van der Waals surface area contributed by atoms with E-state index in [1.54, 1.807) is 30.3 Å². The zero-order chi connectivity index (χ0) is 25.5. The highest BCUT2D eigenvalue weighted by Gasteiger charge is 2.36. The van der Waals surface area contributed by atoms with Crippen LogP contribution in [0.1, 0.15) is 34.6 Å². The smallest absolute Gasteiger partial charge is 0.279 e. The molecule has 0 aliphatic carbocycles. The average molecular weight is 485 g/mol. The number of para-hydroxylation sites is 1. The summed E-state index contributed by atoms with van der Waals surface area (Å²) in [4.78, 5) is 37.4. The van der Waals surface area contributed by atoms with E-state index < -0.39 is 23.7 Å². The van der Waals surface area contributed by atoms with Crippen molar-refractivity contribution in [2.24, 2.45) is 0 Å². The SMILES string of the molecule is CCOc1ccccc1C(C(=O)Nc1ccc(F)cc1)N(C(=O)c1cnccn1)c1cccc(C)c1. The number of amides is 2. The maximum Gasteiger partial charge on any atom is 0.279 e. The number of nitrogens with zero attached hydrogens (tertiary/aromatic N) is 3. The Morgan fingerprint density at radius 2 is 1.81 bits per heavy atom. The van der Waals surface area contributed by atoms with Crippen LogP contribution in [0.4, 0.5) is 15.8 Å². The van der Waals surface area contributed by atoms with Gasteiger partial charge in [-0.2, -0.15) is 0 Å². The van der Waals surface area contributed by atoms with Crippen molar-refractivity contribution in [1.29, 1.82) is 0 Å². The minimum absolute atomic E-state index is 0.0764. The van der Waals surface area contributed by atoms with Crippen molar-refractivity contribution >= 4 is 23.2 Å². The number of benzene rings is 3. The van der Waals surface area contributed by atoms with Crippen LogP contribution in [0.25, 0.3) is 0 Å². The van der Waals surface area contributed by atoms with Crippen molar-refractivity contribution in [3.05, 3.63) is 114 Å². The Hall–Kier alpha value is -4.59. The maximum atomic E-state index is 13.9. The van der Waals surface area contributed by atoms with E-state index in [1.807, 2.05) is 32.0 Å². The molecule has 182 valence electrons. The Bertz CT molecular complexity index is 1350. The summed E-state index contributed by atoms with van der Waals surface area (Å²) in [7, 11) is 0. The third kappa shape index (κ3) is 5.55. The summed E-state index contributed by atoms with van der Waals surface area (Å²) in [6, 6.07) is 18.6. The summed E-state index contributed by atoms with van der Waals surface area (Å²) in [5.41, 5.74) is 2.35. The number of nitrogens with one attached hydrogen (secondary N) is 1. The second kappa shape index (κ2) is 11.2. The molecule has 0 aliphatic heterocycles. The summed E-state index contributed by atoms with van der Waals surface area (Å²) in [6.45, 7) is 4.11. The van der Waals surface area contributed by atoms with Gasteiger partial charge in [-0.3, -0.25) is 19.5 Å². The van der Waals surface area contributed by atoms with Crippen LogP contribution in [0.3, 0.4) is 0 Å². The molecule has 4 aromatic rings. The standard InChI is InChI=1S/C28H25FN4O3/c1-3-36-25-10-5-4-9-23(25)26(27(34)32-21-13-11-20(29)12-14-21)33(22-8-6-7-19(2)17-22)28(35)24-18-30-15-16-31-24/h4-18,26H,3H2,1-2H3,(H,32,34). The number of hydrogen-bond donors (Lipinski definition) is 1. The zero-order valence-corrected chi connectivity index (χ0v) is 19.9. The maximum absolute atomic E-state index is 13.9. The fourth-order valence-corrected chi connectivity index (χ4v) is 3.83. The van der Waals surface area contributed by atoms with Gasteiger partial charge in [-0.1, -0.05) is 30.3 Å². The fraction of sp³-hybridized carbons (Fsp3) is 0.143. The van der Waals surface area contributed by atoms with Gasteiger partial charge in [0, 0.05) is 29.3 Å². The first kappa shape index (κ1) is 24.5. The summed E-state index contributed by atoms with van der Waals surface area (Å²) < 4.78 is 19.3. The minimum Gasteiger partial charge on any atom is -0.493 e. The lowest BCUT2D eigenvalue weighted by atomic mass is 10.0. The van der Waals surface area contributed by atoms with Crippen LogP contribution in [0.2, 0.25) is 0 Å². The predicted molar refractivity (Wildman–Crippen MR) is 135 cm³/mol. The molecular formula is C28H25FN4O3. The highest BCUT2D eigenvalue weighted by Crippen LogP contribution is 2.35. The molecule has 2 amide bonds. The molecule has 0 bridgehead atoms. The topological polar surface area (TPSA) is 84.4 Å². The van der Waals surface area contributed by atoms with Crippen molar-refractivity contribution in [2.45, 2.75) is 19.9 Å². The lowest BCUT2D eigenvalue weighted by Gasteiger charge is -2.32. The Morgan fingerprint density at radius 3 is 2.50 bits per heavy atom. The third-order valence-corrected chi connectivity index (χ3v) is 5.41. The van der Waals surface area contributed by atoms with Crippen LogP contribution in [0, 0.1) is 12.7 Å². The molecule has 1 unspecified atom stereocenters. The van der Waals surface area contributed by atoms with Crippen LogP contribution in [-0.2, 0) is 4.79 Å². The molecule has 7 nitrogen and oxygen atoms in total. The molecule has 8 heteroatoms. The zero-order valence-electron chi connectivity index (χ0n) is 19.9. The van der Waals surface area contributed by atoms with E-state index in [9.17, 15) is 14.0 Å². The van der Waals surface area contributed by atoms with Gasteiger partial charge in [0.05, 0.1) is 12.8 Å². The number of aromatic nitrogens is 2. The van der Waals surface area contributed by atoms with E-state index in [0.29, 0.717) is 29.3 Å². The molecule has 0 saturated carbocycles. The Morgan fingerprint density at radius 1 is 1.03 bits per heavy atom. The molecule has 1 N–H and O–H groups in total. The molecule has 1 aromatic heterocycles. The van der Waals surface area contributed by atoms with E-state index in [2.05, 4.69) is 15.3 Å². The largest absolute Gasteiger partial charge is 0.493 e. The van der Waals surface area contributed by atoms with E-state index in [0.717, 1.165) is 5.56 Å². The monoisotopic (exact) mass is 484 g/mol. The summed E-state index contributed by atoms with van der Waals surface area (Å²) in [6.07, 6.45) is 4.24. The molecule has 36 heavy (non-hydrogen) atoms. The average Bonchev–Trinajstić information content (AvgIpc) is 2.89. The summed E-state index contributed by atoms with van der Waals surface area (Å²) >= 11 is 0. The first-order valence-corrected chi connectivity index (χ1v) is 11.4. The number of halogens is 1. The van der Waals surface area contributed by atoms with Gasteiger partial charge in [-0.05, 0) is 61.9 Å². The van der Waals surface area contributed by atoms with Gasteiger partial charge in [0.2, 0.25) is 0 Å². The number of carbonyl (C=O) groups excluding carboxylic acids is 2. The lowest BCUT2D eigenvalue weighted by molar-refractivity contribution is -0.117. The molecule has 1 atom stereocenters.